The van der Waals surface area contributed by atoms with Gasteiger partial charge in [0.05, 0.1) is 11.4 Å². The van der Waals surface area contributed by atoms with Gasteiger partial charge in [-0.25, -0.2) is 0 Å². The van der Waals surface area contributed by atoms with E-state index < -0.39 is 0 Å². The normalized spacial score (nSPS) is 16.9. The van der Waals surface area contributed by atoms with Gasteiger partial charge in [-0.1, -0.05) is 30.3 Å². The van der Waals surface area contributed by atoms with E-state index in [1.165, 1.54) is 42.6 Å². The summed E-state index contributed by atoms with van der Waals surface area (Å²) in [5.41, 5.74) is 7.25. The molecular formula is C19H22N2. The molecule has 108 valence electrons. The summed E-state index contributed by atoms with van der Waals surface area (Å²) in [7, 11) is 0. The minimum Gasteiger partial charge on any atom is -0.382 e. The van der Waals surface area contributed by atoms with Crippen molar-refractivity contribution in [1.29, 1.82) is 0 Å². The fraction of sp³-hybridized carbons (Fsp3) is 0.368. The van der Waals surface area contributed by atoms with Crippen molar-refractivity contribution in [2.75, 3.05) is 23.3 Å². The molecule has 0 spiro atoms. The van der Waals surface area contributed by atoms with Gasteiger partial charge in [0, 0.05) is 19.6 Å². The second-order valence-electron chi connectivity index (χ2n) is 6.18. The third-order valence-corrected chi connectivity index (χ3v) is 4.71. The average Bonchev–Trinajstić information content (AvgIpc) is 2.54. The lowest BCUT2D eigenvalue weighted by molar-refractivity contribution is 0.683. The molecule has 1 N–H and O–H groups in total. The van der Waals surface area contributed by atoms with E-state index in [9.17, 15) is 0 Å². The minimum atomic E-state index is 1.01. The third-order valence-electron chi connectivity index (χ3n) is 4.71. The maximum Gasteiger partial charge on any atom is 0.0608 e. The lowest BCUT2D eigenvalue weighted by atomic mass is 9.90. The van der Waals surface area contributed by atoms with Crippen LogP contribution in [0.1, 0.15) is 29.5 Å². The summed E-state index contributed by atoms with van der Waals surface area (Å²) in [6, 6.07) is 15.6. The summed E-state index contributed by atoms with van der Waals surface area (Å²) in [6.07, 6.45) is 5.20. The molecule has 0 saturated carbocycles. The Hall–Kier alpha value is -1.96. The molecule has 0 unspecified atom stereocenters. The molecule has 4 rings (SSSR count). The number of rotatable bonds is 2. The Kier molecular flexibility index (Phi) is 3.30. The zero-order valence-corrected chi connectivity index (χ0v) is 12.4. The van der Waals surface area contributed by atoms with Gasteiger partial charge in [-0.05, 0) is 54.5 Å². The van der Waals surface area contributed by atoms with E-state index >= 15 is 0 Å². The van der Waals surface area contributed by atoms with Crippen molar-refractivity contribution in [3.63, 3.8) is 0 Å². The van der Waals surface area contributed by atoms with Crippen LogP contribution in [0, 0.1) is 0 Å². The molecule has 0 saturated heterocycles. The van der Waals surface area contributed by atoms with Crippen LogP contribution in [0.25, 0.3) is 0 Å². The van der Waals surface area contributed by atoms with Crippen LogP contribution in [0.2, 0.25) is 0 Å². The summed E-state index contributed by atoms with van der Waals surface area (Å²) >= 11 is 0. The fourth-order valence-corrected chi connectivity index (χ4v) is 3.59. The highest BCUT2D eigenvalue weighted by atomic mass is 15.2. The highest BCUT2D eigenvalue weighted by Crippen LogP contribution is 2.35. The van der Waals surface area contributed by atoms with Gasteiger partial charge in [0.2, 0.25) is 0 Å². The molecule has 0 radical (unpaired) electrons. The molecule has 2 nitrogen and oxygen atoms in total. The molecule has 1 heterocycles. The molecule has 2 aromatic carbocycles. The highest BCUT2D eigenvalue weighted by molar-refractivity contribution is 5.74. The first-order chi connectivity index (χ1) is 10.4. The van der Waals surface area contributed by atoms with Crippen molar-refractivity contribution in [2.24, 2.45) is 0 Å². The minimum absolute atomic E-state index is 1.01. The number of nitrogens with zero attached hydrogens (tertiary/aromatic N) is 1. The quantitative estimate of drug-likeness (QED) is 0.893. The maximum absolute atomic E-state index is 3.59. The number of aryl methyl sites for hydroxylation is 2. The van der Waals surface area contributed by atoms with Gasteiger partial charge in [0.15, 0.2) is 0 Å². The van der Waals surface area contributed by atoms with E-state index in [2.05, 4.69) is 52.7 Å². The Balaban J connectivity index is 1.67. The molecule has 0 amide bonds. The Labute approximate surface area is 126 Å². The molecule has 0 atom stereocenters. The lowest BCUT2D eigenvalue weighted by Crippen LogP contribution is -2.33. The van der Waals surface area contributed by atoms with Gasteiger partial charge in [-0.2, -0.15) is 0 Å². The predicted octanol–water partition coefficient (Wildman–Crippen LogP) is 4.00. The largest absolute Gasteiger partial charge is 0.382 e. The molecule has 0 aromatic heterocycles. The summed E-state index contributed by atoms with van der Waals surface area (Å²) in [4.78, 5) is 2.52. The van der Waals surface area contributed by atoms with Gasteiger partial charge in [0.25, 0.3) is 0 Å². The van der Waals surface area contributed by atoms with Gasteiger partial charge >= 0.3 is 0 Å². The van der Waals surface area contributed by atoms with E-state index in [1.54, 1.807) is 11.1 Å². The van der Waals surface area contributed by atoms with Crippen molar-refractivity contribution < 1.29 is 0 Å². The number of fused-ring (bicyclic) bond motifs is 2. The van der Waals surface area contributed by atoms with Crippen molar-refractivity contribution >= 4 is 11.4 Å². The molecular weight excluding hydrogens is 256 g/mol. The maximum atomic E-state index is 3.59. The third kappa shape index (κ3) is 2.51. The van der Waals surface area contributed by atoms with E-state index in [4.69, 9.17) is 0 Å². The summed E-state index contributed by atoms with van der Waals surface area (Å²) in [5, 5.41) is 3.59. The van der Waals surface area contributed by atoms with E-state index in [0.29, 0.717) is 0 Å². The van der Waals surface area contributed by atoms with Crippen LogP contribution in [0.15, 0.2) is 42.5 Å². The molecule has 0 fully saturated rings. The first-order valence-corrected chi connectivity index (χ1v) is 8.09. The molecule has 1 aliphatic heterocycles. The molecule has 1 aliphatic carbocycles. The molecule has 2 heteroatoms. The monoisotopic (exact) mass is 278 g/mol. The van der Waals surface area contributed by atoms with Crippen molar-refractivity contribution in [3.05, 3.63) is 59.2 Å². The number of hydrogen-bond donors (Lipinski definition) is 1. The standard InChI is InChI=1S/C19H22N2/c1-2-6-15(7-3-1)14-21-11-10-20-18-12-16-8-4-5-9-17(16)13-19(18)21/h1-3,6-7,12-13,20H,4-5,8-11,14H2. The average molecular weight is 278 g/mol. The van der Waals surface area contributed by atoms with Crippen molar-refractivity contribution in [2.45, 2.75) is 32.2 Å². The van der Waals surface area contributed by atoms with E-state index in [-0.39, 0.29) is 0 Å². The van der Waals surface area contributed by atoms with Crippen LogP contribution in [0.5, 0.6) is 0 Å². The highest BCUT2D eigenvalue weighted by Gasteiger charge is 2.20. The molecule has 2 aromatic rings. The number of hydrogen-bond acceptors (Lipinski definition) is 2. The SMILES string of the molecule is c1ccc(CN2CCNc3cc4c(cc32)CCCC4)cc1. The predicted molar refractivity (Wildman–Crippen MR) is 89.1 cm³/mol. The molecule has 0 bridgehead atoms. The van der Waals surface area contributed by atoms with E-state index in [1.807, 2.05) is 0 Å². The first-order valence-electron chi connectivity index (χ1n) is 8.09. The molecule has 21 heavy (non-hydrogen) atoms. The zero-order valence-electron chi connectivity index (χ0n) is 12.4. The number of nitrogens with one attached hydrogen (secondary N) is 1. The second-order valence-corrected chi connectivity index (χ2v) is 6.18. The summed E-state index contributed by atoms with van der Waals surface area (Å²) < 4.78 is 0. The first kappa shape index (κ1) is 12.8. The van der Waals surface area contributed by atoms with E-state index in [0.717, 1.165) is 19.6 Å². The molecule has 2 aliphatic rings. The zero-order chi connectivity index (χ0) is 14.1. The van der Waals surface area contributed by atoms with Crippen molar-refractivity contribution in [3.8, 4) is 0 Å². The summed E-state index contributed by atoms with van der Waals surface area (Å²) in [5.74, 6) is 0. The van der Waals surface area contributed by atoms with Gasteiger partial charge in [-0.3, -0.25) is 0 Å². The Morgan fingerprint density at radius 3 is 2.52 bits per heavy atom. The number of anilines is 2. The Morgan fingerprint density at radius 2 is 1.71 bits per heavy atom. The smallest absolute Gasteiger partial charge is 0.0608 e. The second kappa shape index (κ2) is 5.44. The van der Waals surface area contributed by atoms with Crippen LogP contribution < -0.4 is 10.2 Å². The van der Waals surface area contributed by atoms with Crippen LogP contribution in [0.3, 0.4) is 0 Å². The Bertz CT molecular complexity index is 634. The van der Waals surface area contributed by atoms with Gasteiger partial charge < -0.3 is 10.2 Å². The Morgan fingerprint density at radius 1 is 0.952 bits per heavy atom. The van der Waals surface area contributed by atoms with Crippen LogP contribution >= 0.6 is 0 Å². The van der Waals surface area contributed by atoms with Crippen LogP contribution in [0.4, 0.5) is 11.4 Å². The van der Waals surface area contributed by atoms with Crippen LogP contribution in [-0.4, -0.2) is 13.1 Å². The summed E-state index contributed by atoms with van der Waals surface area (Å²) in [6.45, 7) is 3.13. The van der Waals surface area contributed by atoms with Crippen molar-refractivity contribution in [1.82, 2.24) is 0 Å². The lowest BCUT2D eigenvalue weighted by Gasteiger charge is -2.34. The van der Waals surface area contributed by atoms with Gasteiger partial charge in [-0.15, -0.1) is 0 Å². The topological polar surface area (TPSA) is 15.3 Å². The van der Waals surface area contributed by atoms with Gasteiger partial charge in [0.1, 0.15) is 0 Å². The van der Waals surface area contributed by atoms with Crippen LogP contribution in [-0.2, 0) is 19.4 Å². The fourth-order valence-electron chi connectivity index (χ4n) is 3.59. The number of benzene rings is 2.